The second-order valence-corrected chi connectivity index (χ2v) is 7.70. The van der Waals surface area contributed by atoms with Gasteiger partial charge in [0, 0.05) is 24.5 Å². The zero-order valence-electron chi connectivity index (χ0n) is 18.9. The molecule has 3 heterocycles. The molecule has 190 valence electrons. The summed E-state index contributed by atoms with van der Waals surface area (Å²) in [6.45, 7) is 0.270. The number of hydrogen-bond donors (Lipinski definition) is 3. The zero-order chi connectivity index (χ0) is 26.4. The molecule has 0 unspecified atom stereocenters. The number of nitrogens with one attached hydrogen (secondary N) is 2. The lowest BCUT2D eigenvalue weighted by Gasteiger charge is -2.14. The van der Waals surface area contributed by atoms with Gasteiger partial charge in [0.1, 0.15) is 11.5 Å². The van der Waals surface area contributed by atoms with Crippen LogP contribution in [0.5, 0.6) is 0 Å². The molecule has 0 aliphatic heterocycles. The molecule has 1 aromatic carbocycles. The van der Waals surface area contributed by atoms with Gasteiger partial charge in [0.15, 0.2) is 0 Å². The molecule has 14 heteroatoms. The van der Waals surface area contributed by atoms with Crippen LogP contribution in [0, 0.1) is 0 Å². The van der Waals surface area contributed by atoms with E-state index in [1.807, 2.05) is 0 Å². The van der Waals surface area contributed by atoms with Crippen molar-refractivity contribution in [2.45, 2.75) is 19.1 Å². The van der Waals surface area contributed by atoms with E-state index in [1.54, 1.807) is 30.5 Å². The Morgan fingerprint density at radius 2 is 1.97 bits per heavy atom. The quantitative estimate of drug-likeness (QED) is 0.195. The summed E-state index contributed by atoms with van der Waals surface area (Å²) in [5.74, 6) is -0.508. The SMILES string of the molecule is Nc1ccc(CC([O-])=Nc2cc(NC(=O)Nc3c[n+](Cc4ccccn4)no3)cc(C(F)(F)F)c2)cn1. The van der Waals surface area contributed by atoms with Crippen molar-refractivity contribution in [1.29, 1.82) is 0 Å². The molecule has 0 saturated carbocycles. The number of aromatic nitrogens is 4. The van der Waals surface area contributed by atoms with Crippen molar-refractivity contribution in [2.24, 2.45) is 4.99 Å². The van der Waals surface area contributed by atoms with Crippen LogP contribution in [0.4, 0.5) is 41.0 Å². The Labute approximate surface area is 207 Å². The van der Waals surface area contributed by atoms with Crippen molar-refractivity contribution < 1.29 is 32.3 Å². The zero-order valence-corrected chi connectivity index (χ0v) is 18.9. The molecule has 2 amide bonds. The van der Waals surface area contributed by atoms with Crippen LogP contribution < -0.4 is 26.2 Å². The Hall–Kier alpha value is -5.01. The van der Waals surface area contributed by atoms with Crippen LogP contribution in [-0.2, 0) is 19.1 Å². The number of carbonyl (C=O) groups excluding carboxylic acids is 1. The highest BCUT2D eigenvalue weighted by atomic mass is 19.4. The molecule has 37 heavy (non-hydrogen) atoms. The van der Waals surface area contributed by atoms with Crippen LogP contribution in [0.15, 0.2) is 76.6 Å². The second-order valence-electron chi connectivity index (χ2n) is 7.70. The van der Waals surface area contributed by atoms with Gasteiger partial charge in [0.25, 0.3) is 6.20 Å². The average Bonchev–Trinajstić information content (AvgIpc) is 3.26. The summed E-state index contributed by atoms with van der Waals surface area (Å²) in [4.78, 5) is 24.1. The van der Waals surface area contributed by atoms with E-state index < -0.39 is 23.7 Å². The smallest absolute Gasteiger partial charge is 0.416 e. The van der Waals surface area contributed by atoms with Gasteiger partial charge in [-0.1, -0.05) is 12.1 Å². The number of pyridine rings is 2. The molecule has 4 aromatic rings. The third-order valence-electron chi connectivity index (χ3n) is 4.76. The number of urea groups is 1. The molecule has 0 radical (unpaired) electrons. The van der Waals surface area contributed by atoms with Crippen molar-refractivity contribution in [3.8, 4) is 0 Å². The lowest BCUT2D eigenvalue weighted by Crippen LogP contribution is -2.35. The number of anilines is 3. The number of nitrogens with two attached hydrogens (primary N) is 1. The maximum atomic E-state index is 13.4. The van der Waals surface area contributed by atoms with Crippen LogP contribution in [0.2, 0.25) is 0 Å². The highest BCUT2D eigenvalue weighted by molar-refractivity contribution is 5.99. The number of alkyl halides is 3. The van der Waals surface area contributed by atoms with Gasteiger partial charge in [-0.25, -0.2) is 9.78 Å². The van der Waals surface area contributed by atoms with Crippen LogP contribution in [-0.4, -0.2) is 27.2 Å². The standard InChI is InChI=1S/C23H19F3N8O3/c24-23(25,26)15-8-17(30-20(35)7-14-4-5-19(27)29-11-14)10-18(9-15)31-22(36)32-21-13-34(33-37-21)12-16-3-1-2-6-28-16/h1-6,8-11,13H,7,12H2,(H4-,27,29,30,31,32,33,35,36). The molecule has 0 aliphatic carbocycles. The molecule has 0 fully saturated rings. The molecule has 4 N–H and O–H groups in total. The number of hydrogen-bond acceptors (Lipinski definition) is 8. The predicted octanol–water partition coefficient (Wildman–Crippen LogP) is 2.68. The Bertz CT molecular complexity index is 1410. The number of benzene rings is 1. The summed E-state index contributed by atoms with van der Waals surface area (Å²) in [6.07, 6.45) is -0.580. The number of aliphatic imine (C=N–C) groups is 1. The number of carbonyl (C=O) groups is 1. The van der Waals surface area contributed by atoms with Gasteiger partial charge in [-0.2, -0.15) is 13.2 Å². The minimum absolute atomic E-state index is 0.0578. The van der Waals surface area contributed by atoms with Gasteiger partial charge < -0.3 is 16.2 Å². The Morgan fingerprint density at radius 3 is 2.68 bits per heavy atom. The number of nitrogen functional groups attached to an aromatic ring is 1. The summed E-state index contributed by atoms with van der Waals surface area (Å²) < 4.78 is 46.7. The first-order chi connectivity index (χ1) is 17.6. The molecule has 11 nitrogen and oxygen atoms in total. The maximum absolute atomic E-state index is 13.4. The molecule has 4 rings (SSSR count). The van der Waals surface area contributed by atoms with E-state index in [-0.39, 0.29) is 36.0 Å². The Balaban J connectivity index is 1.47. The van der Waals surface area contributed by atoms with Crippen molar-refractivity contribution in [3.05, 3.63) is 83.9 Å². The van der Waals surface area contributed by atoms with E-state index in [0.717, 1.165) is 6.07 Å². The van der Waals surface area contributed by atoms with E-state index in [9.17, 15) is 23.1 Å². The first kappa shape index (κ1) is 25.1. The normalized spacial score (nSPS) is 11.8. The van der Waals surface area contributed by atoms with Gasteiger partial charge in [-0.3, -0.25) is 19.8 Å². The van der Waals surface area contributed by atoms with E-state index >= 15 is 0 Å². The molecule has 0 bridgehead atoms. The summed E-state index contributed by atoms with van der Waals surface area (Å²) in [6, 6.07) is 10.0. The van der Waals surface area contributed by atoms with Crippen molar-refractivity contribution in [2.75, 3.05) is 16.4 Å². The molecule has 0 saturated heterocycles. The molecule has 3 aromatic heterocycles. The first-order valence-corrected chi connectivity index (χ1v) is 10.7. The minimum Gasteiger partial charge on any atom is -0.861 e. The fraction of sp³-hybridized carbons (Fsp3) is 0.130. The van der Waals surface area contributed by atoms with Gasteiger partial charge in [0.2, 0.25) is 11.8 Å². The first-order valence-electron chi connectivity index (χ1n) is 10.7. The van der Waals surface area contributed by atoms with Crippen molar-refractivity contribution in [1.82, 2.24) is 15.2 Å². The van der Waals surface area contributed by atoms with Crippen LogP contribution in [0.25, 0.3) is 0 Å². The molecular weight excluding hydrogens is 493 g/mol. The summed E-state index contributed by atoms with van der Waals surface area (Å²) in [5, 5.41) is 20.7. The van der Waals surface area contributed by atoms with E-state index in [2.05, 4.69) is 30.9 Å². The average molecular weight is 512 g/mol. The fourth-order valence-electron chi connectivity index (χ4n) is 3.15. The van der Waals surface area contributed by atoms with Crippen LogP contribution in [0.1, 0.15) is 16.8 Å². The topological polar surface area (TPSA) is 158 Å². The minimum atomic E-state index is -4.75. The largest absolute Gasteiger partial charge is 0.861 e. The molecule has 0 aliphatic rings. The summed E-state index contributed by atoms with van der Waals surface area (Å²) >= 11 is 0. The molecule has 0 spiro atoms. The van der Waals surface area contributed by atoms with Gasteiger partial charge in [-0.15, -0.1) is 0 Å². The monoisotopic (exact) mass is 512 g/mol. The van der Waals surface area contributed by atoms with Gasteiger partial charge in [-0.05, 0) is 52.5 Å². The van der Waals surface area contributed by atoms with Crippen molar-refractivity contribution in [3.63, 3.8) is 0 Å². The third-order valence-corrected chi connectivity index (χ3v) is 4.76. The van der Waals surface area contributed by atoms with Gasteiger partial charge >= 0.3 is 18.1 Å². The van der Waals surface area contributed by atoms with E-state index in [4.69, 9.17) is 10.3 Å². The number of rotatable bonds is 7. The van der Waals surface area contributed by atoms with Crippen molar-refractivity contribution >= 4 is 35.0 Å². The third kappa shape index (κ3) is 7.24. The lowest BCUT2D eigenvalue weighted by molar-refractivity contribution is -0.755. The lowest BCUT2D eigenvalue weighted by atomic mass is 10.1. The molecule has 0 atom stereocenters. The number of nitrogens with zero attached hydrogens (tertiary/aromatic N) is 5. The summed E-state index contributed by atoms with van der Waals surface area (Å²) in [5.41, 5.74) is 5.05. The maximum Gasteiger partial charge on any atom is 0.416 e. The predicted molar refractivity (Wildman–Crippen MR) is 124 cm³/mol. The van der Waals surface area contributed by atoms with E-state index in [1.165, 1.54) is 23.1 Å². The highest BCUT2D eigenvalue weighted by Gasteiger charge is 2.31. The number of halogens is 3. The number of amides is 2. The Kier molecular flexibility index (Phi) is 7.27. The highest BCUT2D eigenvalue weighted by Crippen LogP contribution is 2.34. The summed E-state index contributed by atoms with van der Waals surface area (Å²) in [7, 11) is 0. The second kappa shape index (κ2) is 10.7. The van der Waals surface area contributed by atoms with Crippen LogP contribution >= 0.6 is 0 Å². The molecular formula is C23H19F3N8O3. The Morgan fingerprint density at radius 1 is 1.14 bits per heavy atom. The van der Waals surface area contributed by atoms with Crippen LogP contribution in [0.3, 0.4) is 0 Å². The van der Waals surface area contributed by atoms with E-state index in [0.29, 0.717) is 23.4 Å². The fourth-order valence-corrected chi connectivity index (χ4v) is 3.15. The van der Waals surface area contributed by atoms with Gasteiger partial charge in [0.05, 0.1) is 11.3 Å².